The Morgan fingerprint density at radius 2 is 1.88 bits per heavy atom. The van der Waals surface area contributed by atoms with Crippen molar-refractivity contribution in [1.82, 2.24) is 30.0 Å². The first-order chi connectivity index (χ1) is 12.7. The summed E-state index contributed by atoms with van der Waals surface area (Å²) in [7, 11) is 0. The molecule has 1 saturated carbocycles. The molecule has 4 rings (SSSR count). The van der Waals surface area contributed by atoms with E-state index in [2.05, 4.69) is 20.4 Å². The Labute approximate surface area is 150 Å². The van der Waals surface area contributed by atoms with Crippen LogP contribution in [0.1, 0.15) is 24.7 Å². The van der Waals surface area contributed by atoms with Crippen molar-refractivity contribution >= 4 is 5.91 Å². The second-order valence-corrected chi connectivity index (χ2v) is 6.67. The highest BCUT2D eigenvalue weighted by atomic mass is 19.1. The van der Waals surface area contributed by atoms with E-state index in [1.54, 1.807) is 4.90 Å². The van der Waals surface area contributed by atoms with E-state index in [0.717, 1.165) is 31.8 Å². The van der Waals surface area contributed by atoms with E-state index in [1.165, 1.54) is 24.3 Å². The van der Waals surface area contributed by atoms with Crippen LogP contribution >= 0.6 is 0 Å². The van der Waals surface area contributed by atoms with Gasteiger partial charge in [-0.05, 0) is 47.5 Å². The summed E-state index contributed by atoms with van der Waals surface area (Å²) in [5.74, 6) is 1.00. The molecule has 1 saturated heterocycles. The molecule has 2 heterocycles. The third-order valence-corrected chi connectivity index (χ3v) is 4.72. The van der Waals surface area contributed by atoms with E-state index in [0.29, 0.717) is 31.4 Å². The molecule has 1 aliphatic heterocycles. The number of aromatic nitrogens is 4. The van der Waals surface area contributed by atoms with Gasteiger partial charge in [-0.25, -0.2) is 9.07 Å². The van der Waals surface area contributed by atoms with Crippen LogP contribution in [-0.4, -0.2) is 68.7 Å². The van der Waals surface area contributed by atoms with Crippen LogP contribution in [0.5, 0.6) is 5.75 Å². The molecule has 0 radical (unpaired) electrons. The lowest BCUT2D eigenvalue weighted by Crippen LogP contribution is -2.49. The van der Waals surface area contributed by atoms with Crippen molar-refractivity contribution in [3.63, 3.8) is 0 Å². The zero-order chi connectivity index (χ0) is 17.9. The normalized spacial score (nSPS) is 18.1. The fraction of sp³-hybridized carbons (Fsp3) is 0.529. The molecule has 1 amide bonds. The molecule has 0 unspecified atom stereocenters. The molecule has 0 spiro atoms. The third kappa shape index (κ3) is 3.98. The van der Waals surface area contributed by atoms with Gasteiger partial charge in [-0.15, -0.1) is 5.10 Å². The van der Waals surface area contributed by atoms with Crippen LogP contribution in [-0.2, 0) is 11.3 Å². The Kier molecular flexibility index (Phi) is 4.79. The van der Waals surface area contributed by atoms with Crippen LogP contribution in [0.3, 0.4) is 0 Å². The maximum Gasteiger partial charge on any atom is 0.260 e. The topological polar surface area (TPSA) is 76.4 Å². The maximum atomic E-state index is 12.9. The van der Waals surface area contributed by atoms with Crippen molar-refractivity contribution in [3.8, 4) is 5.75 Å². The number of tetrazole rings is 1. The van der Waals surface area contributed by atoms with Gasteiger partial charge >= 0.3 is 0 Å². The second kappa shape index (κ2) is 7.36. The predicted molar refractivity (Wildman–Crippen MR) is 89.8 cm³/mol. The van der Waals surface area contributed by atoms with Gasteiger partial charge in [-0.2, -0.15) is 0 Å². The minimum Gasteiger partial charge on any atom is -0.484 e. The Morgan fingerprint density at radius 3 is 2.58 bits per heavy atom. The van der Waals surface area contributed by atoms with E-state index in [4.69, 9.17) is 4.74 Å². The molecule has 26 heavy (non-hydrogen) atoms. The Balaban J connectivity index is 1.23. The number of ether oxygens (including phenoxy) is 1. The first-order valence-corrected chi connectivity index (χ1v) is 8.84. The summed E-state index contributed by atoms with van der Waals surface area (Å²) in [6.45, 7) is 3.52. The number of hydrogen-bond acceptors (Lipinski definition) is 6. The van der Waals surface area contributed by atoms with Gasteiger partial charge in [-0.3, -0.25) is 9.69 Å². The summed E-state index contributed by atoms with van der Waals surface area (Å²) < 4.78 is 20.2. The number of benzene rings is 1. The average Bonchev–Trinajstić information content (AvgIpc) is 3.41. The number of amides is 1. The van der Waals surface area contributed by atoms with Crippen LogP contribution in [0.25, 0.3) is 0 Å². The third-order valence-electron chi connectivity index (χ3n) is 4.72. The maximum absolute atomic E-state index is 12.9. The van der Waals surface area contributed by atoms with Gasteiger partial charge in [0.2, 0.25) is 0 Å². The zero-order valence-electron chi connectivity index (χ0n) is 14.4. The van der Waals surface area contributed by atoms with E-state index in [1.807, 2.05) is 4.68 Å². The molecule has 2 aliphatic rings. The lowest BCUT2D eigenvalue weighted by atomic mass is 10.3. The van der Waals surface area contributed by atoms with Gasteiger partial charge in [0.25, 0.3) is 5.91 Å². The number of nitrogens with zero attached hydrogens (tertiary/aromatic N) is 6. The Bertz CT molecular complexity index is 753. The standard InChI is InChI=1S/C17H21FN6O2/c18-13-1-5-15(6-2-13)26-12-17(25)23-9-7-22(8-10-23)11-16-19-20-21-24(16)14-3-4-14/h1-2,5-6,14H,3-4,7-12H2. The molecule has 2 aromatic rings. The first-order valence-electron chi connectivity index (χ1n) is 8.84. The van der Waals surface area contributed by atoms with E-state index in [-0.39, 0.29) is 18.3 Å². The van der Waals surface area contributed by atoms with E-state index >= 15 is 0 Å². The Hall–Kier alpha value is -2.55. The van der Waals surface area contributed by atoms with Crippen LogP contribution in [0.15, 0.2) is 24.3 Å². The monoisotopic (exact) mass is 360 g/mol. The lowest BCUT2D eigenvalue weighted by Gasteiger charge is -2.34. The van der Waals surface area contributed by atoms with Crippen molar-refractivity contribution in [2.24, 2.45) is 0 Å². The number of carbonyl (C=O) groups is 1. The summed E-state index contributed by atoms with van der Waals surface area (Å²) in [5.41, 5.74) is 0. The number of piperazine rings is 1. The lowest BCUT2D eigenvalue weighted by molar-refractivity contribution is -0.135. The SMILES string of the molecule is O=C(COc1ccc(F)cc1)N1CCN(Cc2nnnn2C2CC2)CC1. The highest BCUT2D eigenvalue weighted by Gasteiger charge is 2.29. The first kappa shape index (κ1) is 16.9. The van der Waals surface area contributed by atoms with Gasteiger partial charge in [0.1, 0.15) is 11.6 Å². The van der Waals surface area contributed by atoms with Crippen LogP contribution in [0, 0.1) is 5.82 Å². The molecule has 1 aliphatic carbocycles. The highest BCUT2D eigenvalue weighted by molar-refractivity contribution is 5.77. The molecular weight excluding hydrogens is 339 g/mol. The molecule has 9 heteroatoms. The second-order valence-electron chi connectivity index (χ2n) is 6.67. The number of carbonyl (C=O) groups excluding carboxylic acids is 1. The van der Waals surface area contributed by atoms with Gasteiger partial charge in [-0.1, -0.05) is 0 Å². The molecule has 8 nitrogen and oxygen atoms in total. The van der Waals surface area contributed by atoms with Crippen molar-refractivity contribution < 1.29 is 13.9 Å². The quantitative estimate of drug-likeness (QED) is 0.761. The van der Waals surface area contributed by atoms with Crippen LogP contribution in [0.4, 0.5) is 4.39 Å². The number of hydrogen-bond donors (Lipinski definition) is 0. The van der Waals surface area contributed by atoms with Gasteiger partial charge in [0, 0.05) is 26.2 Å². The highest BCUT2D eigenvalue weighted by Crippen LogP contribution is 2.34. The minimum absolute atomic E-state index is 0.0362. The van der Waals surface area contributed by atoms with Gasteiger partial charge in [0.05, 0.1) is 12.6 Å². The number of rotatable bonds is 6. The molecular formula is C17H21FN6O2. The summed E-state index contributed by atoms with van der Waals surface area (Å²) >= 11 is 0. The predicted octanol–water partition coefficient (Wildman–Crippen LogP) is 0.870. The largest absolute Gasteiger partial charge is 0.484 e. The van der Waals surface area contributed by atoms with Gasteiger partial charge < -0.3 is 9.64 Å². The Morgan fingerprint density at radius 1 is 1.15 bits per heavy atom. The summed E-state index contributed by atoms with van der Waals surface area (Å²) in [6, 6.07) is 6.13. The van der Waals surface area contributed by atoms with Crippen molar-refractivity contribution in [2.75, 3.05) is 32.8 Å². The molecule has 1 aromatic carbocycles. The minimum atomic E-state index is -0.326. The van der Waals surface area contributed by atoms with Crippen LogP contribution < -0.4 is 4.74 Å². The van der Waals surface area contributed by atoms with E-state index < -0.39 is 0 Å². The molecule has 0 bridgehead atoms. The zero-order valence-corrected chi connectivity index (χ0v) is 14.4. The average molecular weight is 360 g/mol. The number of halogens is 1. The molecule has 0 N–H and O–H groups in total. The fourth-order valence-electron chi connectivity index (χ4n) is 3.04. The van der Waals surface area contributed by atoms with E-state index in [9.17, 15) is 9.18 Å². The van der Waals surface area contributed by atoms with Crippen molar-refractivity contribution in [3.05, 3.63) is 35.9 Å². The van der Waals surface area contributed by atoms with Gasteiger partial charge in [0.15, 0.2) is 12.4 Å². The molecule has 0 atom stereocenters. The van der Waals surface area contributed by atoms with Crippen molar-refractivity contribution in [1.29, 1.82) is 0 Å². The summed E-state index contributed by atoms with van der Waals surface area (Å²) in [5, 5.41) is 12.0. The summed E-state index contributed by atoms with van der Waals surface area (Å²) in [4.78, 5) is 16.3. The smallest absolute Gasteiger partial charge is 0.260 e. The molecule has 1 aromatic heterocycles. The molecule has 2 fully saturated rings. The van der Waals surface area contributed by atoms with Crippen molar-refractivity contribution in [2.45, 2.75) is 25.4 Å². The summed E-state index contributed by atoms with van der Waals surface area (Å²) in [6.07, 6.45) is 2.29. The molecule has 138 valence electrons. The van der Waals surface area contributed by atoms with Crippen LogP contribution in [0.2, 0.25) is 0 Å². The fourth-order valence-corrected chi connectivity index (χ4v) is 3.04.